The smallest absolute Gasteiger partial charge is 0.326 e. The van der Waals surface area contributed by atoms with Crippen LogP contribution in [0.4, 0.5) is 5.82 Å². The molecule has 5 nitrogen and oxygen atoms in total. The lowest BCUT2D eigenvalue weighted by Gasteiger charge is -2.25. The highest BCUT2D eigenvalue weighted by molar-refractivity contribution is 5.91. The van der Waals surface area contributed by atoms with Crippen LogP contribution in [0.15, 0.2) is 29.0 Å². The quantitative estimate of drug-likeness (QED) is 0.910. The van der Waals surface area contributed by atoms with E-state index in [1.807, 2.05) is 17.0 Å². The summed E-state index contributed by atoms with van der Waals surface area (Å²) >= 11 is 0. The minimum absolute atomic E-state index is 0.261. The maximum Gasteiger partial charge on any atom is 0.326 e. The maximum atomic E-state index is 11.7. The molecule has 2 aromatic heterocycles. The van der Waals surface area contributed by atoms with Crippen LogP contribution in [0.3, 0.4) is 0 Å². The highest BCUT2D eigenvalue weighted by atomic mass is 16.4. The molecule has 20 heavy (non-hydrogen) atoms. The van der Waals surface area contributed by atoms with Gasteiger partial charge in [-0.25, -0.2) is 9.78 Å². The first kappa shape index (κ1) is 11.8. The third kappa shape index (κ3) is 1.55. The second-order valence-electron chi connectivity index (χ2n) is 5.76. The lowest BCUT2D eigenvalue weighted by Crippen LogP contribution is -2.40. The Hall–Kier alpha value is -2.04. The van der Waals surface area contributed by atoms with E-state index >= 15 is 0 Å². The molecule has 3 atom stereocenters. The number of hydrogen-bond acceptors (Lipinski definition) is 4. The number of pyridine rings is 1. The number of nitrogens with zero attached hydrogens (tertiary/aromatic N) is 2. The average molecular weight is 272 g/mol. The Morgan fingerprint density at radius 1 is 1.40 bits per heavy atom. The van der Waals surface area contributed by atoms with Gasteiger partial charge in [0.2, 0.25) is 0 Å². The van der Waals surface area contributed by atoms with Crippen LogP contribution >= 0.6 is 0 Å². The number of hydrogen-bond donors (Lipinski definition) is 1. The summed E-state index contributed by atoms with van der Waals surface area (Å²) in [6.45, 7) is 0.791. The van der Waals surface area contributed by atoms with E-state index in [1.54, 1.807) is 12.5 Å². The summed E-state index contributed by atoms with van der Waals surface area (Å²) in [5.41, 5.74) is 0.760. The van der Waals surface area contributed by atoms with Crippen LogP contribution in [0, 0.1) is 11.8 Å². The van der Waals surface area contributed by atoms with Crippen molar-refractivity contribution in [1.82, 2.24) is 4.98 Å². The molecule has 0 bridgehead atoms. The van der Waals surface area contributed by atoms with E-state index in [1.165, 1.54) is 0 Å². The van der Waals surface area contributed by atoms with Gasteiger partial charge in [-0.2, -0.15) is 0 Å². The molecule has 1 N–H and O–H groups in total. The van der Waals surface area contributed by atoms with Gasteiger partial charge in [0.15, 0.2) is 0 Å². The van der Waals surface area contributed by atoms with Crippen LogP contribution in [-0.4, -0.2) is 28.6 Å². The number of carboxylic acids is 1. The van der Waals surface area contributed by atoms with Crippen LogP contribution in [-0.2, 0) is 4.79 Å². The Balaban J connectivity index is 1.81. The normalized spacial score (nSPS) is 29.0. The Kier molecular flexibility index (Phi) is 2.49. The Labute approximate surface area is 116 Å². The molecular formula is C15H16N2O3. The summed E-state index contributed by atoms with van der Waals surface area (Å²) < 4.78 is 5.39. The van der Waals surface area contributed by atoms with Gasteiger partial charge in [-0.3, -0.25) is 0 Å². The molecular weight excluding hydrogens is 256 g/mol. The van der Waals surface area contributed by atoms with Crippen molar-refractivity contribution >= 4 is 22.8 Å². The number of aliphatic carboxylic acids is 1. The lowest BCUT2D eigenvalue weighted by molar-refractivity contribution is -0.139. The van der Waals surface area contributed by atoms with Gasteiger partial charge in [-0.05, 0) is 36.8 Å². The monoisotopic (exact) mass is 272 g/mol. The number of furan rings is 1. The van der Waals surface area contributed by atoms with Crippen LogP contribution in [0.2, 0.25) is 0 Å². The molecule has 1 aliphatic heterocycles. The highest BCUT2D eigenvalue weighted by Gasteiger charge is 2.48. The summed E-state index contributed by atoms with van der Waals surface area (Å²) in [4.78, 5) is 18.1. The molecule has 1 saturated heterocycles. The number of carboxylic acid groups (broad SMARTS) is 1. The molecule has 4 rings (SSSR count). The lowest BCUT2D eigenvalue weighted by atomic mass is 9.94. The van der Waals surface area contributed by atoms with E-state index in [9.17, 15) is 9.90 Å². The largest absolute Gasteiger partial charge is 0.480 e. The third-order valence-corrected chi connectivity index (χ3v) is 4.77. The minimum atomic E-state index is -0.735. The molecule has 0 spiro atoms. The van der Waals surface area contributed by atoms with Gasteiger partial charge in [0.1, 0.15) is 17.4 Å². The fourth-order valence-corrected chi connectivity index (χ4v) is 3.95. The fourth-order valence-electron chi connectivity index (χ4n) is 3.95. The van der Waals surface area contributed by atoms with Crippen molar-refractivity contribution in [1.29, 1.82) is 0 Å². The van der Waals surface area contributed by atoms with E-state index in [2.05, 4.69) is 4.98 Å². The van der Waals surface area contributed by atoms with Crippen LogP contribution in [0.1, 0.15) is 19.3 Å². The van der Waals surface area contributed by atoms with Gasteiger partial charge < -0.3 is 14.4 Å². The predicted molar refractivity (Wildman–Crippen MR) is 73.6 cm³/mol. The minimum Gasteiger partial charge on any atom is -0.480 e. The van der Waals surface area contributed by atoms with Crippen LogP contribution < -0.4 is 4.90 Å². The molecule has 1 saturated carbocycles. The second-order valence-corrected chi connectivity index (χ2v) is 5.76. The first-order valence-electron chi connectivity index (χ1n) is 7.07. The molecule has 5 heteroatoms. The Bertz CT molecular complexity index is 666. The Morgan fingerprint density at radius 2 is 2.30 bits per heavy atom. The van der Waals surface area contributed by atoms with Crippen molar-refractivity contribution < 1.29 is 14.3 Å². The summed E-state index contributed by atoms with van der Waals surface area (Å²) in [6, 6.07) is 3.23. The molecule has 2 aliphatic rings. The third-order valence-electron chi connectivity index (χ3n) is 4.77. The van der Waals surface area contributed by atoms with Crippen LogP contribution in [0.25, 0.3) is 11.0 Å². The van der Waals surface area contributed by atoms with E-state index in [-0.39, 0.29) is 5.92 Å². The Morgan fingerprint density at radius 3 is 3.15 bits per heavy atom. The van der Waals surface area contributed by atoms with Gasteiger partial charge >= 0.3 is 5.97 Å². The molecule has 0 aromatic carbocycles. The molecule has 0 amide bonds. The van der Waals surface area contributed by atoms with Crippen molar-refractivity contribution in [3.63, 3.8) is 0 Å². The zero-order chi connectivity index (χ0) is 13.7. The van der Waals surface area contributed by atoms with Crippen LogP contribution in [0.5, 0.6) is 0 Å². The summed E-state index contributed by atoms with van der Waals surface area (Å²) in [5.74, 6) is 0.760. The van der Waals surface area contributed by atoms with Gasteiger partial charge in [0.25, 0.3) is 0 Å². The number of rotatable bonds is 2. The molecule has 0 radical (unpaired) electrons. The molecule has 104 valence electrons. The maximum absolute atomic E-state index is 11.7. The molecule has 3 unspecified atom stereocenters. The van der Waals surface area contributed by atoms with E-state index < -0.39 is 12.0 Å². The van der Waals surface area contributed by atoms with Gasteiger partial charge in [-0.15, -0.1) is 0 Å². The second kappa shape index (κ2) is 4.23. The predicted octanol–water partition coefficient (Wildman–Crippen LogP) is 2.52. The average Bonchev–Trinajstić information content (AvgIpc) is 3.11. The molecule has 2 fully saturated rings. The van der Waals surface area contributed by atoms with Gasteiger partial charge in [0.05, 0.1) is 11.6 Å². The number of carbonyl (C=O) groups is 1. The highest BCUT2D eigenvalue weighted by Crippen LogP contribution is 2.44. The number of fused-ring (bicyclic) bond motifs is 2. The number of aromatic nitrogens is 1. The van der Waals surface area contributed by atoms with Crippen molar-refractivity contribution in [2.75, 3.05) is 11.4 Å². The van der Waals surface area contributed by atoms with E-state index in [0.29, 0.717) is 5.92 Å². The number of anilines is 1. The summed E-state index contributed by atoms with van der Waals surface area (Å²) in [6.07, 6.45) is 6.61. The first-order chi connectivity index (χ1) is 9.75. The van der Waals surface area contributed by atoms with Gasteiger partial charge in [0, 0.05) is 12.7 Å². The van der Waals surface area contributed by atoms with Crippen molar-refractivity contribution in [3.8, 4) is 0 Å². The van der Waals surface area contributed by atoms with Crippen molar-refractivity contribution in [2.45, 2.75) is 25.3 Å². The van der Waals surface area contributed by atoms with E-state index in [4.69, 9.17) is 4.42 Å². The topological polar surface area (TPSA) is 66.6 Å². The van der Waals surface area contributed by atoms with Crippen molar-refractivity contribution in [3.05, 3.63) is 24.6 Å². The molecule has 3 heterocycles. The first-order valence-corrected chi connectivity index (χ1v) is 7.07. The summed E-state index contributed by atoms with van der Waals surface area (Å²) in [7, 11) is 0. The molecule has 1 aliphatic carbocycles. The van der Waals surface area contributed by atoms with Crippen molar-refractivity contribution in [2.24, 2.45) is 11.8 Å². The fraction of sp³-hybridized carbons (Fsp3) is 0.467. The molecule has 2 aromatic rings. The standard InChI is InChI=1S/C15H16N2O3/c18-15(19)13-10-3-1-2-9(10)8-17(13)14-11-5-7-20-12(11)4-6-16-14/h4-7,9-10,13H,1-3,8H2,(H,18,19). The SMILES string of the molecule is O=C(O)C1C2CCCC2CN1c1nccc2occc12. The summed E-state index contributed by atoms with van der Waals surface area (Å²) in [5, 5.41) is 10.5. The zero-order valence-corrected chi connectivity index (χ0v) is 11.0. The van der Waals surface area contributed by atoms with E-state index in [0.717, 1.165) is 42.6 Å². The zero-order valence-electron chi connectivity index (χ0n) is 11.0. The van der Waals surface area contributed by atoms with Gasteiger partial charge in [-0.1, -0.05) is 6.42 Å².